The number of methoxy groups -OCH3 is 2. The Labute approximate surface area is 153 Å². The van der Waals surface area contributed by atoms with Gasteiger partial charge in [-0.05, 0) is 13.8 Å². The number of carbonyl (C=O) groups is 2. The van der Waals surface area contributed by atoms with Crippen LogP contribution in [0.4, 0.5) is 0 Å². The highest BCUT2D eigenvalue weighted by Gasteiger charge is 2.49. The van der Waals surface area contributed by atoms with Gasteiger partial charge in [0.15, 0.2) is 17.7 Å². The first-order valence-electron chi connectivity index (χ1n) is 8.46. The molecule has 1 aromatic rings. The van der Waals surface area contributed by atoms with Crippen LogP contribution in [0.15, 0.2) is 30.3 Å². The van der Waals surface area contributed by atoms with Crippen LogP contribution >= 0.6 is 0 Å². The fourth-order valence-corrected chi connectivity index (χ4v) is 3.13. The zero-order chi connectivity index (χ0) is 19.2. The van der Waals surface area contributed by atoms with Crippen LogP contribution in [-0.4, -0.2) is 63.3 Å². The fraction of sp³-hybridized carbons (Fsp3) is 0.579. The summed E-state index contributed by atoms with van der Waals surface area (Å²) in [5.74, 6) is -0.991. The van der Waals surface area contributed by atoms with Gasteiger partial charge >= 0.3 is 0 Å². The number of benzene rings is 1. The second kappa shape index (κ2) is 9.23. The molecule has 0 N–H and O–H groups in total. The lowest BCUT2D eigenvalue weighted by Gasteiger charge is -2.30. The molecule has 0 radical (unpaired) electrons. The van der Waals surface area contributed by atoms with Crippen LogP contribution in [-0.2, 0) is 28.5 Å². The Kier molecular flexibility index (Phi) is 7.28. The summed E-state index contributed by atoms with van der Waals surface area (Å²) >= 11 is 0. The van der Waals surface area contributed by atoms with E-state index in [2.05, 4.69) is 0 Å². The zero-order valence-corrected chi connectivity index (χ0v) is 15.5. The van der Waals surface area contributed by atoms with Gasteiger partial charge in [-0.2, -0.15) is 0 Å². The normalized spacial score (nSPS) is 24.0. The highest BCUT2D eigenvalue weighted by molar-refractivity contribution is 5.96. The average molecular weight is 366 g/mol. The third kappa shape index (κ3) is 5.11. The maximum absolute atomic E-state index is 12.6. The molecule has 144 valence electrons. The number of carbonyl (C=O) groups excluding carboxylic acids is 2. The Hall–Kier alpha value is -1.80. The van der Waals surface area contributed by atoms with Crippen molar-refractivity contribution in [2.75, 3.05) is 20.8 Å². The van der Waals surface area contributed by atoms with E-state index in [1.807, 2.05) is 6.07 Å². The predicted molar refractivity (Wildman–Crippen MR) is 92.8 cm³/mol. The molecular weight excluding hydrogens is 340 g/mol. The molecule has 0 aromatic heterocycles. The van der Waals surface area contributed by atoms with Gasteiger partial charge in [0.25, 0.3) is 6.47 Å². The second-order valence-electron chi connectivity index (χ2n) is 6.56. The minimum Gasteiger partial charge on any atom is -0.459 e. The van der Waals surface area contributed by atoms with Crippen molar-refractivity contribution >= 4 is 12.3 Å². The fourth-order valence-electron chi connectivity index (χ4n) is 3.13. The van der Waals surface area contributed by atoms with Crippen LogP contribution in [0.3, 0.4) is 0 Å². The predicted octanol–water partition coefficient (Wildman–Crippen LogP) is 1.98. The van der Waals surface area contributed by atoms with Crippen molar-refractivity contribution in [3.8, 4) is 0 Å². The van der Waals surface area contributed by atoms with Crippen LogP contribution < -0.4 is 0 Å². The molecule has 4 atom stereocenters. The second-order valence-corrected chi connectivity index (χ2v) is 6.56. The molecular formula is C19H26O7. The summed E-state index contributed by atoms with van der Waals surface area (Å²) in [4.78, 5) is 23.6. The third-order valence-corrected chi connectivity index (χ3v) is 4.24. The Morgan fingerprint density at radius 1 is 1.23 bits per heavy atom. The quantitative estimate of drug-likeness (QED) is 0.463. The van der Waals surface area contributed by atoms with E-state index < -0.39 is 30.2 Å². The molecule has 1 heterocycles. The Morgan fingerprint density at radius 2 is 1.92 bits per heavy atom. The maximum Gasteiger partial charge on any atom is 0.293 e. The van der Waals surface area contributed by atoms with Crippen molar-refractivity contribution in [3.05, 3.63) is 35.9 Å². The number of ketones is 1. The first kappa shape index (κ1) is 20.5. The molecule has 7 nitrogen and oxygen atoms in total. The van der Waals surface area contributed by atoms with E-state index in [9.17, 15) is 9.59 Å². The molecule has 0 amide bonds. The van der Waals surface area contributed by atoms with Crippen molar-refractivity contribution in [2.24, 2.45) is 0 Å². The number of hydrogen-bond donors (Lipinski definition) is 0. The van der Waals surface area contributed by atoms with E-state index in [1.54, 1.807) is 38.1 Å². The van der Waals surface area contributed by atoms with E-state index in [1.165, 1.54) is 14.2 Å². The summed E-state index contributed by atoms with van der Waals surface area (Å²) in [5.41, 5.74) is 0.590. The molecule has 0 saturated carbocycles. The van der Waals surface area contributed by atoms with Crippen molar-refractivity contribution in [3.63, 3.8) is 0 Å². The molecule has 26 heavy (non-hydrogen) atoms. The van der Waals surface area contributed by atoms with Crippen LogP contribution in [0, 0.1) is 0 Å². The maximum atomic E-state index is 12.6. The van der Waals surface area contributed by atoms with E-state index in [-0.39, 0.29) is 18.8 Å². The lowest BCUT2D eigenvalue weighted by atomic mass is 9.97. The van der Waals surface area contributed by atoms with Crippen molar-refractivity contribution < 1.29 is 33.3 Å². The summed E-state index contributed by atoms with van der Waals surface area (Å²) in [7, 11) is 3.02. The number of ether oxygens (including phenoxy) is 5. The molecule has 0 bridgehead atoms. The number of hydrogen-bond acceptors (Lipinski definition) is 7. The first-order valence-corrected chi connectivity index (χ1v) is 8.46. The molecule has 1 fully saturated rings. The van der Waals surface area contributed by atoms with Gasteiger partial charge < -0.3 is 23.7 Å². The van der Waals surface area contributed by atoms with Gasteiger partial charge in [0, 0.05) is 26.2 Å². The van der Waals surface area contributed by atoms with E-state index in [4.69, 9.17) is 23.7 Å². The van der Waals surface area contributed by atoms with Crippen LogP contribution in [0.1, 0.15) is 30.6 Å². The summed E-state index contributed by atoms with van der Waals surface area (Å²) in [6.45, 7) is 4.05. The zero-order valence-electron chi connectivity index (χ0n) is 15.5. The largest absolute Gasteiger partial charge is 0.459 e. The van der Waals surface area contributed by atoms with Gasteiger partial charge in [-0.15, -0.1) is 0 Å². The van der Waals surface area contributed by atoms with Gasteiger partial charge in [0.05, 0.1) is 12.7 Å². The molecule has 1 aromatic carbocycles. The van der Waals surface area contributed by atoms with Crippen molar-refractivity contribution in [1.29, 1.82) is 0 Å². The molecule has 0 aliphatic carbocycles. The van der Waals surface area contributed by atoms with Crippen molar-refractivity contribution in [1.82, 2.24) is 0 Å². The molecule has 1 aliphatic rings. The first-order chi connectivity index (χ1) is 12.4. The SMILES string of the molecule is COC[C@@H](OC)[C@@H](OC=O)[C@H]1OC(C)(C)O[C@H]1CC(=O)c1ccccc1. The Bertz CT molecular complexity index is 587. The topological polar surface area (TPSA) is 80.3 Å². The van der Waals surface area contributed by atoms with E-state index in [0.29, 0.717) is 12.0 Å². The van der Waals surface area contributed by atoms with Crippen LogP contribution in [0.25, 0.3) is 0 Å². The van der Waals surface area contributed by atoms with Crippen molar-refractivity contribution in [2.45, 2.75) is 50.5 Å². The van der Waals surface area contributed by atoms with E-state index in [0.717, 1.165) is 0 Å². The molecule has 1 aliphatic heterocycles. The summed E-state index contributed by atoms with van der Waals surface area (Å²) < 4.78 is 27.6. The van der Waals surface area contributed by atoms with Gasteiger partial charge in [-0.1, -0.05) is 30.3 Å². The molecule has 7 heteroatoms. The number of Topliss-reactive ketones (excluding diaryl/α,β-unsaturated/α-hetero) is 1. The molecule has 0 unspecified atom stereocenters. The number of rotatable bonds is 10. The molecule has 1 saturated heterocycles. The monoisotopic (exact) mass is 366 g/mol. The standard InChI is InChI=1S/C19H26O7/c1-19(2)25-15(10-14(21)13-8-6-5-7-9-13)18(26-19)17(24-12-20)16(23-4)11-22-3/h5-9,12,15-18H,10-11H2,1-4H3/t15-,16+,17+,18-/m0/s1. The Morgan fingerprint density at radius 3 is 2.50 bits per heavy atom. The minimum absolute atomic E-state index is 0.0764. The minimum atomic E-state index is -0.915. The smallest absolute Gasteiger partial charge is 0.293 e. The Balaban J connectivity index is 2.21. The highest BCUT2D eigenvalue weighted by atomic mass is 16.8. The summed E-state index contributed by atoms with van der Waals surface area (Å²) in [6, 6.07) is 8.96. The lowest BCUT2D eigenvalue weighted by molar-refractivity contribution is -0.179. The van der Waals surface area contributed by atoms with Gasteiger partial charge in [-0.25, -0.2) is 0 Å². The van der Waals surface area contributed by atoms with Gasteiger partial charge in [0.2, 0.25) is 0 Å². The average Bonchev–Trinajstić information content (AvgIpc) is 2.92. The van der Waals surface area contributed by atoms with Crippen LogP contribution in [0.2, 0.25) is 0 Å². The molecule has 0 spiro atoms. The van der Waals surface area contributed by atoms with E-state index >= 15 is 0 Å². The molecule has 2 rings (SSSR count). The lowest BCUT2D eigenvalue weighted by Crippen LogP contribution is -2.48. The highest BCUT2D eigenvalue weighted by Crippen LogP contribution is 2.34. The summed E-state index contributed by atoms with van der Waals surface area (Å²) in [5, 5.41) is 0. The summed E-state index contributed by atoms with van der Waals surface area (Å²) in [6.07, 6.45) is -2.48. The van der Waals surface area contributed by atoms with Gasteiger partial charge in [-0.3, -0.25) is 9.59 Å². The van der Waals surface area contributed by atoms with Gasteiger partial charge in [0.1, 0.15) is 12.2 Å². The van der Waals surface area contributed by atoms with Crippen LogP contribution in [0.5, 0.6) is 0 Å². The third-order valence-electron chi connectivity index (χ3n) is 4.24.